The average Bonchev–Trinajstić information content (AvgIpc) is 3.89. The molecule has 0 aliphatic carbocycles. The minimum Gasteiger partial charge on any atom is -0.508 e. The van der Waals surface area contributed by atoms with Crippen molar-refractivity contribution in [3.8, 4) is 5.75 Å². The molecular formula is C37H38N8O6. The molecule has 51 heavy (non-hydrogen) atoms. The number of hydrogen-bond donors (Lipinski definition) is 9. The number of para-hydroxylation sites is 2. The van der Waals surface area contributed by atoms with Crippen LogP contribution in [0.1, 0.15) is 22.4 Å². The lowest BCUT2D eigenvalue weighted by Crippen LogP contribution is -2.58. The largest absolute Gasteiger partial charge is 0.508 e. The monoisotopic (exact) mass is 690 g/mol. The summed E-state index contributed by atoms with van der Waals surface area (Å²) in [6, 6.07) is 16.3. The van der Waals surface area contributed by atoms with Gasteiger partial charge >= 0.3 is 5.97 Å². The van der Waals surface area contributed by atoms with E-state index in [0.717, 1.165) is 27.4 Å². The lowest BCUT2D eigenvalue weighted by molar-refractivity contribution is -0.142. The van der Waals surface area contributed by atoms with Gasteiger partial charge in [-0.25, -0.2) is 9.78 Å². The number of benzene rings is 3. The predicted molar refractivity (Wildman–Crippen MR) is 190 cm³/mol. The molecule has 0 spiro atoms. The Kier molecular flexibility index (Phi) is 10.4. The minimum atomic E-state index is -1.31. The van der Waals surface area contributed by atoms with Gasteiger partial charge in [0.1, 0.15) is 23.9 Å². The second-order valence-corrected chi connectivity index (χ2v) is 12.4. The van der Waals surface area contributed by atoms with Crippen molar-refractivity contribution >= 4 is 45.5 Å². The summed E-state index contributed by atoms with van der Waals surface area (Å²) in [7, 11) is 0. The van der Waals surface area contributed by atoms with Crippen molar-refractivity contribution in [3.05, 3.63) is 120 Å². The molecule has 0 fully saturated rings. The van der Waals surface area contributed by atoms with Gasteiger partial charge < -0.3 is 46.8 Å². The van der Waals surface area contributed by atoms with Crippen LogP contribution in [0.2, 0.25) is 0 Å². The summed E-state index contributed by atoms with van der Waals surface area (Å²) in [5, 5.41) is 29.8. The number of carbonyl (C=O) groups is 4. The maximum Gasteiger partial charge on any atom is 0.326 e. The Hall–Kier alpha value is -6.41. The number of amides is 3. The van der Waals surface area contributed by atoms with Gasteiger partial charge in [0.2, 0.25) is 17.7 Å². The number of rotatable bonds is 15. The van der Waals surface area contributed by atoms with Gasteiger partial charge in [0.05, 0.1) is 12.4 Å². The number of nitrogens with one attached hydrogen (secondary N) is 6. The molecule has 14 nitrogen and oxygen atoms in total. The van der Waals surface area contributed by atoms with Crippen LogP contribution in [0.25, 0.3) is 21.8 Å². The Bertz CT molecular complexity index is 2140. The second-order valence-electron chi connectivity index (χ2n) is 12.4. The molecule has 6 aromatic rings. The van der Waals surface area contributed by atoms with E-state index < -0.39 is 47.9 Å². The van der Waals surface area contributed by atoms with Crippen LogP contribution in [0.5, 0.6) is 5.75 Å². The molecule has 0 aliphatic rings. The van der Waals surface area contributed by atoms with E-state index in [-0.39, 0.29) is 31.4 Å². The van der Waals surface area contributed by atoms with Crippen LogP contribution in [-0.4, -0.2) is 78.0 Å². The maximum atomic E-state index is 14.1. The van der Waals surface area contributed by atoms with E-state index in [1.165, 1.54) is 18.5 Å². The third-order valence-electron chi connectivity index (χ3n) is 8.79. The number of aromatic nitrogens is 4. The fraction of sp³-hybridized carbons (Fsp3) is 0.216. The number of carbonyl (C=O) groups excluding carboxylic acids is 3. The average molecular weight is 691 g/mol. The van der Waals surface area contributed by atoms with Crippen molar-refractivity contribution in [1.29, 1.82) is 0 Å². The van der Waals surface area contributed by atoms with E-state index in [9.17, 15) is 29.4 Å². The topological polar surface area (TPSA) is 231 Å². The molecule has 3 aromatic carbocycles. The normalized spacial score (nSPS) is 13.7. The molecule has 262 valence electrons. The Balaban J connectivity index is 1.26. The molecule has 0 saturated carbocycles. The number of imidazole rings is 1. The van der Waals surface area contributed by atoms with Crippen molar-refractivity contribution in [2.45, 2.75) is 49.9 Å². The van der Waals surface area contributed by atoms with E-state index in [0.29, 0.717) is 16.8 Å². The van der Waals surface area contributed by atoms with E-state index in [2.05, 4.69) is 35.9 Å². The quantitative estimate of drug-likeness (QED) is 0.0774. The van der Waals surface area contributed by atoms with Crippen LogP contribution in [0.3, 0.4) is 0 Å². The summed E-state index contributed by atoms with van der Waals surface area (Å²) < 4.78 is 0. The Labute approximate surface area is 291 Å². The number of phenols is 1. The number of nitrogens with two attached hydrogens (primary N) is 1. The molecule has 4 unspecified atom stereocenters. The lowest BCUT2D eigenvalue weighted by Gasteiger charge is -2.25. The maximum absolute atomic E-state index is 14.1. The number of carboxylic acids is 1. The fourth-order valence-electron chi connectivity index (χ4n) is 6.08. The van der Waals surface area contributed by atoms with Crippen LogP contribution in [0.4, 0.5) is 0 Å². The van der Waals surface area contributed by atoms with Crippen molar-refractivity contribution in [3.63, 3.8) is 0 Å². The zero-order valence-electron chi connectivity index (χ0n) is 27.4. The van der Waals surface area contributed by atoms with Crippen LogP contribution in [-0.2, 0) is 44.9 Å². The highest BCUT2D eigenvalue weighted by Crippen LogP contribution is 2.21. The molecule has 10 N–H and O–H groups in total. The van der Waals surface area contributed by atoms with Crippen molar-refractivity contribution in [1.82, 2.24) is 35.9 Å². The molecule has 3 heterocycles. The number of phenolic OH excluding ortho intramolecular Hbond substituents is 1. The van der Waals surface area contributed by atoms with Crippen molar-refractivity contribution < 1.29 is 29.4 Å². The van der Waals surface area contributed by atoms with Gasteiger partial charge in [0, 0.05) is 71.8 Å². The van der Waals surface area contributed by atoms with Gasteiger partial charge in [-0.3, -0.25) is 14.4 Å². The third kappa shape index (κ3) is 8.43. The number of H-pyrrole nitrogens is 3. The Morgan fingerprint density at radius 3 is 1.76 bits per heavy atom. The van der Waals surface area contributed by atoms with E-state index in [1.807, 2.05) is 48.5 Å². The molecule has 14 heteroatoms. The van der Waals surface area contributed by atoms with E-state index >= 15 is 0 Å². The number of hydrogen-bond acceptors (Lipinski definition) is 7. The van der Waals surface area contributed by atoms with Crippen LogP contribution in [0.15, 0.2) is 97.7 Å². The van der Waals surface area contributed by atoms with Crippen molar-refractivity contribution in [2.75, 3.05) is 0 Å². The first-order valence-electron chi connectivity index (χ1n) is 16.4. The predicted octanol–water partition coefficient (Wildman–Crippen LogP) is 2.21. The number of aromatic amines is 3. The summed E-state index contributed by atoms with van der Waals surface area (Å²) in [5.74, 6) is -3.22. The van der Waals surface area contributed by atoms with E-state index in [4.69, 9.17) is 5.73 Å². The molecule has 0 saturated heterocycles. The van der Waals surface area contributed by atoms with Gasteiger partial charge in [0.15, 0.2) is 0 Å². The summed E-state index contributed by atoms with van der Waals surface area (Å²) in [4.78, 5) is 67.0. The van der Waals surface area contributed by atoms with Gasteiger partial charge in [0.25, 0.3) is 0 Å². The van der Waals surface area contributed by atoms with Crippen LogP contribution in [0, 0.1) is 0 Å². The summed E-state index contributed by atoms with van der Waals surface area (Å²) >= 11 is 0. The highest BCUT2D eigenvalue weighted by atomic mass is 16.4. The summed E-state index contributed by atoms with van der Waals surface area (Å²) in [6.45, 7) is 0. The summed E-state index contributed by atoms with van der Waals surface area (Å²) in [6.07, 6.45) is 6.62. The van der Waals surface area contributed by atoms with Crippen LogP contribution >= 0.6 is 0 Å². The number of fused-ring (bicyclic) bond motifs is 2. The molecule has 4 atom stereocenters. The Morgan fingerprint density at radius 1 is 0.667 bits per heavy atom. The molecule has 3 amide bonds. The van der Waals surface area contributed by atoms with Crippen LogP contribution < -0.4 is 21.7 Å². The first-order chi connectivity index (χ1) is 24.6. The third-order valence-corrected chi connectivity index (χ3v) is 8.79. The molecular weight excluding hydrogens is 652 g/mol. The number of carboxylic acid groups (broad SMARTS) is 1. The first-order valence-corrected chi connectivity index (χ1v) is 16.4. The van der Waals surface area contributed by atoms with Gasteiger partial charge in [-0.05, 0) is 41.0 Å². The molecule has 3 aromatic heterocycles. The number of nitrogens with zero attached hydrogens (tertiary/aromatic N) is 1. The SMILES string of the molecule is NC(Cc1cnc[nH]1)C(=O)NC(Cc1ccc(O)cc1)C(=O)NC(Cc1c[nH]c2ccccc12)C(=O)NC(Cc1c[nH]c2ccccc12)C(=O)O. The minimum absolute atomic E-state index is 0.00735. The zero-order chi connectivity index (χ0) is 35.9. The molecule has 0 bridgehead atoms. The number of aromatic hydroxyl groups is 1. The Morgan fingerprint density at radius 2 is 1.20 bits per heavy atom. The smallest absolute Gasteiger partial charge is 0.326 e. The molecule has 6 rings (SSSR count). The van der Waals surface area contributed by atoms with Gasteiger partial charge in [-0.1, -0.05) is 48.5 Å². The molecule has 0 radical (unpaired) electrons. The zero-order valence-corrected chi connectivity index (χ0v) is 27.4. The van der Waals surface area contributed by atoms with E-state index in [1.54, 1.807) is 30.7 Å². The lowest BCUT2D eigenvalue weighted by atomic mass is 10.0. The highest BCUT2D eigenvalue weighted by Gasteiger charge is 2.32. The fourth-order valence-corrected chi connectivity index (χ4v) is 6.08. The van der Waals surface area contributed by atoms with Gasteiger partial charge in [-0.2, -0.15) is 0 Å². The van der Waals surface area contributed by atoms with Gasteiger partial charge in [-0.15, -0.1) is 0 Å². The number of aliphatic carboxylic acids is 1. The summed E-state index contributed by atoms with van der Waals surface area (Å²) in [5.41, 5.74) is 10.5. The van der Waals surface area contributed by atoms with Crippen molar-refractivity contribution in [2.24, 2.45) is 5.73 Å². The molecule has 0 aliphatic heterocycles. The standard InChI is InChI=1S/C37H38N8O6/c38-28(16-24-19-39-20-42-24)34(47)43-31(13-21-9-11-25(46)12-10-21)35(48)44-32(14-22-17-40-29-7-3-1-5-26(22)29)36(49)45-33(37(50)51)15-23-18-41-30-8-4-2-6-27(23)30/h1-12,17-20,28,31-33,40-41,46H,13-16,38H2,(H,39,42)(H,43,47)(H,44,48)(H,45,49)(H,50,51). The highest BCUT2D eigenvalue weighted by molar-refractivity contribution is 5.95. The first kappa shape index (κ1) is 34.5. The second kappa shape index (κ2) is 15.4.